The Bertz CT molecular complexity index is 514. The van der Waals surface area contributed by atoms with Crippen molar-refractivity contribution in [2.24, 2.45) is 0 Å². The van der Waals surface area contributed by atoms with Gasteiger partial charge >= 0.3 is 0 Å². The minimum absolute atomic E-state index is 0.0243. The van der Waals surface area contributed by atoms with Crippen molar-refractivity contribution in [2.45, 2.75) is 6.92 Å². The van der Waals surface area contributed by atoms with Gasteiger partial charge in [-0.1, -0.05) is 12.1 Å². The molecule has 2 nitrogen and oxygen atoms in total. The molecule has 0 fully saturated rings. The molecule has 0 N–H and O–H groups in total. The van der Waals surface area contributed by atoms with Gasteiger partial charge in [0.05, 0.1) is 12.7 Å². The van der Waals surface area contributed by atoms with Crippen molar-refractivity contribution in [1.82, 2.24) is 0 Å². The Morgan fingerprint density at radius 3 is 2.56 bits per heavy atom. The number of para-hydroxylation sites is 1. The molecule has 0 amide bonds. The van der Waals surface area contributed by atoms with Crippen molar-refractivity contribution in [1.29, 1.82) is 0 Å². The van der Waals surface area contributed by atoms with Crippen molar-refractivity contribution < 1.29 is 9.53 Å². The summed E-state index contributed by atoms with van der Waals surface area (Å²) in [6.07, 6.45) is 0. The van der Waals surface area contributed by atoms with Gasteiger partial charge in [-0.25, -0.2) is 0 Å². The molecular weight excluding hydrogens is 220 g/mol. The Hall–Kier alpha value is -1.61. The van der Waals surface area contributed by atoms with Crippen LogP contribution in [0.5, 0.6) is 5.75 Å². The van der Waals surface area contributed by atoms with Crippen LogP contribution in [0.15, 0.2) is 35.0 Å². The molecule has 0 spiro atoms. The highest BCUT2D eigenvalue weighted by molar-refractivity contribution is 7.08. The topological polar surface area (TPSA) is 26.3 Å². The Morgan fingerprint density at radius 1 is 1.19 bits per heavy atom. The fourth-order valence-corrected chi connectivity index (χ4v) is 2.40. The first kappa shape index (κ1) is 10.9. The van der Waals surface area contributed by atoms with Crippen LogP contribution in [-0.4, -0.2) is 12.9 Å². The smallest absolute Gasteiger partial charge is 0.197 e. The minimum atomic E-state index is 0.0243. The molecule has 82 valence electrons. The van der Waals surface area contributed by atoms with Crippen LogP contribution >= 0.6 is 11.3 Å². The fourth-order valence-electron chi connectivity index (χ4n) is 1.57. The van der Waals surface area contributed by atoms with E-state index in [1.54, 1.807) is 30.6 Å². The maximum absolute atomic E-state index is 12.2. The second kappa shape index (κ2) is 4.49. The normalized spacial score (nSPS) is 10.1. The van der Waals surface area contributed by atoms with Gasteiger partial charge in [-0.2, -0.15) is 11.3 Å². The lowest BCUT2D eigenvalue weighted by Crippen LogP contribution is -2.03. The lowest BCUT2D eigenvalue weighted by Gasteiger charge is -2.06. The summed E-state index contributed by atoms with van der Waals surface area (Å²) in [6.45, 7) is 1.94. The number of hydrogen-bond donors (Lipinski definition) is 0. The quantitative estimate of drug-likeness (QED) is 0.759. The number of ketones is 1. The lowest BCUT2D eigenvalue weighted by molar-refractivity contribution is 0.103. The molecule has 0 radical (unpaired) electrons. The van der Waals surface area contributed by atoms with Crippen LogP contribution in [0.4, 0.5) is 0 Å². The standard InChI is InChI=1S/C13H12O2S/c1-9-7-16-8-11(9)13(14)10-5-3-4-6-12(10)15-2/h3-8H,1-2H3. The van der Waals surface area contributed by atoms with E-state index in [2.05, 4.69) is 0 Å². The van der Waals surface area contributed by atoms with Gasteiger partial charge in [-0.05, 0) is 30.0 Å². The highest BCUT2D eigenvalue weighted by Crippen LogP contribution is 2.24. The predicted octanol–water partition coefficient (Wildman–Crippen LogP) is 3.30. The minimum Gasteiger partial charge on any atom is -0.496 e. The van der Waals surface area contributed by atoms with E-state index in [9.17, 15) is 4.79 Å². The number of methoxy groups -OCH3 is 1. The van der Waals surface area contributed by atoms with Gasteiger partial charge in [0.25, 0.3) is 0 Å². The Labute approximate surface area is 98.5 Å². The largest absolute Gasteiger partial charge is 0.496 e. The zero-order chi connectivity index (χ0) is 11.5. The van der Waals surface area contributed by atoms with E-state index in [1.807, 2.05) is 29.8 Å². The molecule has 0 aliphatic rings. The van der Waals surface area contributed by atoms with E-state index in [-0.39, 0.29) is 5.78 Å². The molecule has 0 atom stereocenters. The molecule has 3 heteroatoms. The monoisotopic (exact) mass is 232 g/mol. The molecule has 0 saturated heterocycles. The van der Waals surface area contributed by atoms with Crippen LogP contribution in [0.3, 0.4) is 0 Å². The first-order chi connectivity index (χ1) is 7.74. The summed E-state index contributed by atoms with van der Waals surface area (Å²) < 4.78 is 5.19. The number of thiophene rings is 1. The van der Waals surface area contributed by atoms with E-state index < -0.39 is 0 Å². The second-order valence-corrected chi connectivity index (χ2v) is 4.24. The van der Waals surface area contributed by atoms with E-state index in [1.165, 1.54) is 0 Å². The van der Waals surface area contributed by atoms with Crippen LogP contribution in [0.1, 0.15) is 21.5 Å². The third-order valence-corrected chi connectivity index (χ3v) is 3.31. The first-order valence-electron chi connectivity index (χ1n) is 4.94. The average molecular weight is 232 g/mol. The zero-order valence-electron chi connectivity index (χ0n) is 9.19. The summed E-state index contributed by atoms with van der Waals surface area (Å²) in [6, 6.07) is 7.29. The van der Waals surface area contributed by atoms with E-state index >= 15 is 0 Å². The molecule has 1 aromatic carbocycles. The van der Waals surface area contributed by atoms with Crippen molar-refractivity contribution >= 4 is 17.1 Å². The van der Waals surface area contributed by atoms with Crippen LogP contribution < -0.4 is 4.74 Å². The number of hydrogen-bond acceptors (Lipinski definition) is 3. The number of ether oxygens (including phenoxy) is 1. The number of benzene rings is 1. The summed E-state index contributed by atoms with van der Waals surface area (Å²) in [4.78, 5) is 12.2. The maximum atomic E-state index is 12.2. The number of rotatable bonds is 3. The second-order valence-electron chi connectivity index (χ2n) is 3.50. The third kappa shape index (κ3) is 1.86. The zero-order valence-corrected chi connectivity index (χ0v) is 10.0. The Morgan fingerprint density at radius 2 is 1.94 bits per heavy atom. The highest BCUT2D eigenvalue weighted by atomic mass is 32.1. The van der Waals surface area contributed by atoms with Crippen LogP contribution in [0, 0.1) is 6.92 Å². The van der Waals surface area contributed by atoms with Crippen LogP contribution in [-0.2, 0) is 0 Å². The van der Waals surface area contributed by atoms with E-state index in [0.717, 1.165) is 11.1 Å². The van der Waals surface area contributed by atoms with Gasteiger partial charge in [-0.3, -0.25) is 4.79 Å². The van der Waals surface area contributed by atoms with Crippen molar-refractivity contribution in [3.63, 3.8) is 0 Å². The molecule has 1 aromatic heterocycles. The Kier molecular flexibility index (Phi) is 3.06. The molecular formula is C13H12O2S. The fraction of sp³-hybridized carbons (Fsp3) is 0.154. The van der Waals surface area contributed by atoms with Gasteiger partial charge in [0.1, 0.15) is 5.75 Å². The molecule has 0 aliphatic carbocycles. The third-order valence-electron chi connectivity index (χ3n) is 2.45. The number of carbonyl (C=O) groups excluding carboxylic acids is 1. The van der Waals surface area contributed by atoms with Crippen molar-refractivity contribution in [3.8, 4) is 5.75 Å². The Balaban J connectivity index is 2.46. The lowest BCUT2D eigenvalue weighted by atomic mass is 10.0. The average Bonchev–Trinajstić information content (AvgIpc) is 2.74. The number of carbonyl (C=O) groups is 1. The summed E-state index contributed by atoms with van der Waals surface area (Å²) >= 11 is 1.54. The van der Waals surface area contributed by atoms with E-state index in [0.29, 0.717) is 11.3 Å². The van der Waals surface area contributed by atoms with Crippen molar-refractivity contribution in [3.05, 3.63) is 51.7 Å². The molecule has 16 heavy (non-hydrogen) atoms. The summed E-state index contributed by atoms with van der Waals surface area (Å²) in [7, 11) is 1.58. The maximum Gasteiger partial charge on any atom is 0.197 e. The SMILES string of the molecule is COc1ccccc1C(=O)c1cscc1C. The van der Waals surface area contributed by atoms with Gasteiger partial charge in [0.2, 0.25) is 0 Å². The van der Waals surface area contributed by atoms with E-state index in [4.69, 9.17) is 4.74 Å². The number of aryl methyl sites for hydroxylation is 1. The highest BCUT2D eigenvalue weighted by Gasteiger charge is 2.15. The summed E-state index contributed by atoms with van der Waals surface area (Å²) in [5, 5.41) is 3.85. The molecule has 2 aromatic rings. The molecule has 0 unspecified atom stereocenters. The van der Waals surface area contributed by atoms with Gasteiger partial charge < -0.3 is 4.74 Å². The predicted molar refractivity (Wildman–Crippen MR) is 65.5 cm³/mol. The molecule has 0 aliphatic heterocycles. The molecule has 0 saturated carbocycles. The van der Waals surface area contributed by atoms with Crippen LogP contribution in [0.25, 0.3) is 0 Å². The van der Waals surface area contributed by atoms with Gasteiger partial charge in [-0.15, -0.1) is 0 Å². The molecule has 2 rings (SSSR count). The van der Waals surface area contributed by atoms with Gasteiger partial charge in [0.15, 0.2) is 5.78 Å². The van der Waals surface area contributed by atoms with Gasteiger partial charge in [0, 0.05) is 10.9 Å². The van der Waals surface area contributed by atoms with Crippen molar-refractivity contribution in [2.75, 3.05) is 7.11 Å². The van der Waals surface area contributed by atoms with Crippen LogP contribution in [0.2, 0.25) is 0 Å². The first-order valence-corrected chi connectivity index (χ1v) is 5.89. The molecule has 1 heterocycles. The summed E-state index contributed by atoms with van der Waals surface area (Å²) in [5.41, 5.74) is 2.39. The summed E-state index contributed by atoms with van der Waals surface area (Å²) in [5.74, 6) is 0.648. The molecule has 0 bridgehead atoms.